The molecule has 8 rings (SSSR count). The van der Waals surface area contributed by atoms with Crippen LogP contribution in [0.5, 0.6) is 0 Å². The lowest BCUT2D eigenvalue weighted by Crippen LogP contribution is -2.65. The van der Waals surface area contributed by atoms with E-state index in [1.807, 2.05) is 0 Å². The zero-order valence-electron chi connectivity index (χ0n) is 42.3. The highest BCUT2D eigenvalue weighted by molar-refractivity contribution is 5.77. The number of aliphatic hydroxyl groups excluding tert-OH is 17. The van der Waals surface area contributed by atoms with Crippen LogP contribution in [0.3, 0.4) is 0 Å². The van der Waals surface area contributed by atoms with Gasteiger partial charge in [0, 0.05) is 5.92 Å². The molecule has 5 aliphatic heterocycles. The molecule has 0 amide bonds. The molecule has 3 aliphatic carbocycles. The van der Waals surface area contributed by atoms with Gasteiger partial charge in [0.25, 0.3) is 0 Å². The Balaban J connectivity index is 1.03. The summed E-state index contributed by atoms with van der Waals surface area (Å²) in [5.41, 5.74) is -1.10. The number of hydrogen-bond donors (Lipinski definition) is 17. The van der Waals surface area contributed by atoms with Gasteiger partial charge in [-0.1, -0.05) is 25.5 Å². The Hall–Kier alpha value is -1.79. The van der Waals surface area contributed by atoms with Gasteiger partial charge in [-0.25, -0.2) is 0 Å². The van der Waals surface area contributed by atoms with Crippen molar-refractivity contribution < 1.29 is 134 Å². The molecule has 5 heterocycles. The normalized spacial score (nSPS) is 53.2. The maximum Gasteiger partial charge on any atom is 0.314 e. The van der Waals surface area contributed by atoms with E-state index in [9.17, 15) is 91.6 Å². The van der Waals surface area contributed by atoms with Crippen molar-refractivity contribution >= 4 is 5.97 Å². The molecule has 0 aromatic rings. The summed E-state index contributed by atoms with van der Waals surface area (Å²) < 4.78 is 52.9. The maximum absolute atomic E-state index is 14.8. The molecule has 76 heavy (non-hydrogen) atoms. The van der Waals surface area contributed by atoms with E-state index < -0.39 is 209 Å². The molecule has 28 unspecified atom stereocenters. The average Bonchev–Trinajstić information content (AvgIpc) is 3.60. The highest BCUT2D eigenvalue weighted by Gasteiger charge is 2.62. The third-order valence-corrected chi connectivity index (χ3v) is 18.2. The van der Waals surface area contributed by atoms with Crippen LogP contribution in [0.25, 0.3) is 0 Å². The lowest BCUT2D eigenvalue weighted by atomic mass is 9.45. The van der Waals surface area contributed by atoms with E-state index in [4.69, 9.17) is 42.6 Å². The zero-order valence-corrected chi connectivity index (χ0v) is 42.3. The number of aliphatic hydroxyl groups is 17. The van der Waals surface area contributed by atoms with Crippen molar-refractivity contribution in [1.82, 2.24) is 0 Å². The monoisotopic (exact) mass is 1100 g/mol. The van der Waals surface area contributed by atoms with Crippen LogP contribution in [0.2, 0.25) is 0 Å². The number of ether oxygens (including phenoxy) is 9. The lowest BCUT2D eigenvalue weighted by molar-refractivity contribution is -0.363. The second kappa shape index (κ2) is 24.3. The molecule has 31 atom stereocenters. The Labute approximate surface area is 437 Å². The summed E-state index contributed by atoms with van der Waals surface area (Å²) in [5.74, 6) is -1.85. The van der Waals surface area contributed by atoms with E-state index in [1.165, 1.54) is 0 Å². The summed E-state index contributed by atoms with van der Waals surface area (Å²) in [6.45, 7) is 4.65. The van der Waals surface area contributed by atoms with Crippen molar-refractivity contribution in [2.24, 2.45) is 34.5 Å². The van der Waals surface area contributed by atoms with Crippen molar-refractivity contribution in [2.45, 2.75) is 219 Å². The SMILES string of the molecule is C=C1CC2CCC3[C@](C)(C(=O)OC4OC(CO)C(O)C(O)C4OC4OC(CO)C(O)C(O)C4O)CCC[C@@]3(C)[C@@H]2CCC1C1OC(COC2OC(CO)C(O)C(O)C2O)C(O)C(O)C1OC1OC(CO)C(O)C(O)C1O. The molecule has 0 aromatic carbocycles. The van der Waals surface area contributed by atoms with E-state index in [-0.39, 0.29) is 17.8 Å². The Morgan fingerprint density at radius 1 is 0.526 bits per heavy atom. The van der Waals surface area contributed by atoms with E-state index in [1.54, 1.807) is 6.92 Å². The van der Waals surface area contributed by atoms with Gasteiger partial charge in [0.2, 0.25) is 6.29 Å². The smallest absolute Gasteiger partial charge is 0.314 e. The van der Waals surface area contributed by atoms with Crippen molar-refractivity contribution in [1.29, 1.82) is 0 Å². The maximum atomic E-state index is 14.8. The number of carbonyl (C=O) groups excluding carboxylic acids is 1. The second-order valence-electron chi connectivity index (χ2n) is 22.7. The summed E-state index contributed by atoms with van der Waals surface area (Å²) in [6.07, 6.45) is -38.3. The Kier molecular flexibility index (Phi) is 19.3. The molecule has 8 fully saturated rings. The quantitative estimate of drug-likeness (QED) is 0.0568. The van der Waals surface area contributed by atoms with Crippen LogP contribution in [0, 0.1) is 34.5 Å². The van der Waals surface area contributed by atoms with Crippen LogP contribution in [0.15, 0.2) is 12.2 Å². The fourth-order valence-electron chi connectivity index (χ4n) is 13.8. The fraction of sp³-hybridized carbons (Fsp3) is 0.939. The third-order valence-electron chi connectivity index (χ3n) is 18.2. The van der Waals surface area contributed by atoms with E-state index in [0.717, 1.165) is 0 Å². The number of fused-ring (bicyclic) bond motifs is 3. The molecule has 0 radical (unpaired) electrons. The molecule has 27 nitrogen and oxygen atoms in total. The Morgan fingerprint density at radius 3 is 1.53 bits per heavy atom. The van der Waals surface area contributed by atoms with E-state index in [2.05, 4.69) is 13.5 Å². The molecular formula is C49H80O27. The first-order valence-corrected chi connectivity index (χ1v) is 26.3. The first-order chi connectivity index (χ1) is 35.9. The minimum Gasteiger partial charge on any atom is -0.432 e. The molecule has 5 saturated heterocycles. The molecule has 8 aliphatic rings. The molecule has 0 spiro atoms. The number of hydrogen-bond acceptors (Lipinski definition) is 27. The second-order valence-corrected chi connectivity index (χ2v) is 22.7. The highest BCUT2D eigenvalue weighted by Crippen LogP contribution is 2.64. The van der Waals surface area contributed by atoms with Gasteiger partial charge in [-0.05, 0) is 75.0 Å². The van der Waals surface area contributed by atoms with Gasteiger partial charge >= 0.3 is 5.97 Å². The minimum absolute atomic E-state index is 0.00806. The Morgan fingerprint density at radius 2 is 0.987 bits per heavy atom. The topological polar surface area (TPSA) is 444 Å². The van der Waals surface area contributed by atoms with E-state index in [0.29, 0.717) is 56.9 Å². The van der Waals surface area contributed by atoms with Crippen LogP contribution in [-0.2, 0) is 47.4 Å². The minimum atomic E-state index is -1.93. The summed E-state index contributed by atoms with van der Waals surface area (Å²) in [6, 6.07) is 0. The summed E-state index contributed by atoms with van der Waals surface area (Å²) in [4.78, 5) is 14.8. The van der Waals surface area contributed by atoms with Crippen LogP contribution in [0.4, 0.5) is 0 Å². The fourth-order valence-corrected chi connectivity index (χ4v) is 13.8. The van der Waals surface area contributed by atoms with Gasteiger partial charge in [-0.2, -0.15) is 0 Å². The van der Waals surface area contributed by atoms with Crippen LogP contribution in [-0.4, -0.2) is 279 Å². The largest absolute Gasteiger partial charge is 0.432 e. The number of rotatable bonds is 14. The van der Waals surface area contributed by atoms with Gasteiger partial charge in [-0.15, -0.1) is 0 Å². The zero-order chi connectivity index (χ0) is 55.5. The van der Waals surface area contributed by atoms with E-state index >= 15 is 0 Å². The molecule has 0 aromatic heterocycles. The summed E-state index contributed by atoms with van der Waals surface area (Å²) in [7, 11) is 0. The number of esters is 1. The molecule has 17 N–H and O–H groups in total. The predicted octanol–water partition coefficient (Wildman–Crippen LogP) is -7.16. The van der Waals surface area contributed by atoms with Crippen molar-refractivity contribution in [3.05, 3.63) is 12.2 Å². The van der Waals surface area contributed by atoms with Crippen molar-refractivity contribution in [2.75, 3.05) is 33.0 Å². The summed E-state index contributed by atoms with van der Waals surface area (Å²) >= 11 is 0. The lowest BCUT2D eigenvalue weighted by Gasteiger charge is -2.59. The molecule has 3 saturated carbocycles. The van der Waals surface area contributed by atoms with Crippen LogP contribution < -0.4 is 0 Å². The molecule has 0 bridgehead atoms. The molecular weight excluding hydrogens is 1020 g/mol. The molecule has 27 heteroatoms. The highest BCUT2D eigenvalue weighted by atomic mass is 16.8. The standard InChI is InChI=1S/C49H80O27/c1-17-11-18-5-8-26-48(2,9-4-10-49(26,3)47(67)76-46-42(36(63)30(57)24(15-53)73-46)75-45-39(66)34(61)29(56)23(14-52)72-45)20(18)7-6-19(17)40-41(74-44-38(65)33(60)28(55)22(13-51)71-44)35(62)31(58)25(69-40)16-68-43-37(64)32(59)27(54)21(12-50)70-43/h18-46,50-66H,1,4-16H2,2-3H3/t18?,19?,20-,21?,22?,23?,24?,25?,26?,27?,28?,29?,30?,31?,32?,33?,34?,35?,36?,37?,38?,39?,40?,41?,42?,43?,44?,45?,46?,48+,49-/m1/s1. The summed E-state index contributed by atoms with van der Waals surface area (Å²) in [5, 5.41) is 180. The average molecular weight is 1100 g/mol. The Bertz CT molecular complexity index is 1930. The van der Waals surface area contributed by atoms with Gasteiger partial charge in [0.1, 0.15) is 116 Å². The van der Waals surface area contributed by atoms with Crippen molar-refractivity contribution in [3.8, 4) is 0 Å². The first kappa shape index (κ1) is 60.3. The number of carbonyl (C=O) groups is 1. The van der Waals surface area contributed by atoms with Crippen LogP contribution >= 0.6 is 0 Å². The molecule has 438 valence electrons. The van der Waals surface area contributed by atoms with Crippen LogP contribution in [0.1, 0.15) is 65.2 Å². The van der Waals surface area contributed by atoms with Gasteiger partial charge in [0.05, 0.1) is 44.6 Å². The van der Waals surface area contributed by atoms with Gasteiger partial charge in [-0.3, -0.25) is 4.79 Å². The first-order valence-electron chi connectivity index (χ1n) is 26.3. The predicted molar refractivity (Wildman–Crippen MR) is 248 cm³/mol. The van der Waals surface area contributed by atoms with Gasteiger partial charge < -0.3 is 129 Å². The third kappa shape index (κ3) is 11.2. The van der Waals surface area contributed by atoms with Crippen molar-refractivity contribution in [3.63, 3.8) is 0 Å². The van der Waals surface area contributed by atoms with Gasteiger partial charge in [0.15, 0.2) is 25.0 Å².